The number of rotatable bonds is 4. The summed E-state index contributed by atoms with van der Waals surface area (Å²) in [5.41, 5.74) is 0. The number of aliphatic hydroxyl groups is 1. The summed E-state index contributed by atoms with van der Waals surface area (Å²) in [6.45, 7) is 9.29. The van der Waals surface area contributed by atoms with E-state index >= 15 is 0 Å². The lowest BCUT2D eigenvalue weighted by molar-refractivity contribution is 0.152. The number of aliphatic hydroxyl groups excluding tert-OH is 1. The van der Waals surface area contributed by atoms with Crippen molar-refractivity contribution in [1.29, 1.82) is 0 Å². The molecule has 0 heterocycles. The van der Waals surface area contributed by atoms with Gasteiger partial charge in [-0.15, -0.1) is 0 Å². The van der Waals surface area contributed by atoms with Crippen molar-refractivity contribution in [1.82, 2.24) is 0 Å². The summed E-state index contributed by atoms with van der Waals surface area (Å²) in [4.78, 5) is 0. The molecule has 9 heavy (non-hydrogen) atoms. The fourth-order valence-corrected chi connectivity index (χ4v) is 0.797. The van der Waals surface area contributed by atoms with Crippen molar-refractivity contribution in [2.24, 2.45) is 5.92 Å². The van der Waals surface area contributed by atoms with Crippen molar-refractivity contribution in [3.63, 3.8) is 0 Å². The van der Waals surface area contributed by atoms with Gasteiger partial charge in [-0.3, -0.25) is 0 Å². The Morgan fingerprint density at radius 1 is 1.67 bits per heavy atom. The highest BCUT2D eigenvalue weighted by Gasteiger charge is 2.04. The Hall–Kier alpha value is -0.0400. The van der Waals surface area contributed by atoms with Crippen LogP contribution in [0.5, 0.6) is 0 Å². The van der Waals surface area contributed by atoms with Gasteiger partial charge >= 0.3 is 0 Å². The zero-order valence-corrected chi connectivity index (χ0v) is 6.17. The van der Waals surface area contributed by atoms with Crippen LogP contribution in [0.1, 0.15) is 26.7 Å². The smallest absolute Gasteiger partial charge is 0.0545 e. The van der Waals surface area contributed by atoms with Crippen LogP contribution in [-0.4, -0.2) is 11.2 Å². The Morgan fingerprint density at radius 2 is 2.22 bits per heavy atom. The first-order valence-electron chi connectivity index (χ1n) is 3.38. The summed E-state index contributed by atoms with van der Waals surface area (Å²) in [6.07, 6.45) is 3.16. The van der Waals surface area contributed by atoms with E-state index in [1.165, 1.54) is 0 Å². The largest absolute Gasteiger partial charge is 0.393 e. The van der Waals surface area contributed by atoms with E-state index in [4.69, 9.17) is 12.0 Å². The summed E-state index contributed by atoms with van der Waals surface area (Å²) in [7, 11) is 0. The predicted molar refractivity (Wildman–Crippen MR) is 38.7 cm³/mol. The molecule has 2 unspecified atom stereocenters. The lowest BCUT2D eigenvalue weighted by atomic mass is 10.0. The molecule has 0 aliphatic rings. The Morgan fingerprint density at radius 3 is 2.56 bits per heavy atom. The zero-order valence-electron chi connectivity index (χ0n) is 6.17. The van der Waals surface area contributed by atoms with Crippen molar-refractivity contribution in [2.45, 2.75) is 32.8 Å². The molecule has 53 valence electrons. The van der Waals surface area contributed by atoms with E-state index in [1.807, 2.05) is 20.3 Å². The third kappa shape index (κ3) is 5.84. The standard InChI is InChI=1S/C8H15O/c1-4-5-8(9)6-7(2)3/h2,4,7-9H,5-6H2,1,3H3. The van der Waals surface area contributed by atoms with Gasteiger partial charge in [0.25, 0.3) is 0 Å². The SMILES string of the molecule is [CH]C(C)CC(O)C[CH]C. The third-order valence-electron chi connectivity index (χ3n) is 1.15. The Balaban J connectivity index is 3.15. The molecule has 0 aromatic rings. The predicted octanol–water partition coefficient (Wildman–Crippen LogP) is 1.70. The molecule has 2 atom stereocenters. The topological polar surface area (TPSA) is 20.2 Å². The van der Waals surface area contributed by atoms with E-state index < -0.39 is 0 Å². The Kier molecular flexibility index (Phi) is 4.78. The molecular formula is C8H15O. The fourth-order valence-electron chi connectivity index (χ4n) is 0.797. The monoisotopic (exact) mass is 127 g/mol. The minimum absolute atomic E-state index is 0.111. The quantitative estimate of drug-likeness (QED) is 0.609. The second-order valence-corrected chi connectivity index (χ2v) is 2.51. The number of hydrogen-bond donors (Lipinski definition) is 1. The Labute approximate surface area is 58.1 Å². The summed E-state index contributed by atoms with van der Waals surface area (Å²) in [6, 6.07) is 0. The van der Waals surface area contributed by atoms with E-state index in [-0.39, 0.29) is 12.0 Å². The molecule has 1 N–H and O–H groups in total. The molecular weight excluding hydrogens is 112 g/mol. The maximum absolute atomic E-state index is 9.11. The van der Waals surface area contributed by atoms with Gasteiger partial charge in [-0.1, -0.05) is 13.8 Å². The van der Waals surface area contributed by atoms with Crippen LogP contribution >= 0.6 is 0 Å². The van der Waals surface area contributed by atoms with Gasteiger partial charge in [-0.05, 0) is 32.1 Å². The average molecular weight is 127 g/mol. The molecule has 0 fully saturated rings. The third-order valence-corrected chi connectivity index (χ3v) is 1.15. The van der Waals surface area contributed by atoms with Gasteiger partial charge in [-0.25, -0.2) is 0 Å². The van der Waals surface area contributed by atoms with E-state index in [9.17, 15) is 0 Å². The normalized spacial score (nSPS) is 14.3. The van der Waals surface area contributed by atoms with Crippen LogP contribution in [0.15, 0.2) is 0 Å². The lowest BCUT2D eigenvalue weighted by Crippen LogP contribution is -2.09. The van der Waals surface area contributed by atoms with E-state index in [1.54, 1.807) is 0 Å². The molecule has 0 rings (SSSR count). The van der Waals surface area contributed by atoms with E-state index in [2.05, 4.69) is 0 Å². The second kappa shape index (κ2) is 4.80. The first kappa shape index (κ1) is 8.96. The van der Waals surface area contributed by atoms with Gasteiger partial charge < -0.3 is 5.11 Å². The van der Waals surface area contributed by atoms with E-state index in [0.29, 0.717) is 6.42 Å². The van der Waals surface area contributed by atoms with Crippen LogP contribution in [0, 0.1) is 19.3 Å². The molecule has 0 aromatic carbocycles. The average Bonchev–Trinajstić information content (AvgIpc) is 1.63. The summed E-state index contributed by atoms with van der Waals surface area (Å²) >= 11 is 0. The summed E-state index contributed by atoms with van der Waals surface area (Å²) in [5.74, 6) is 0.111. The lowest BCUT2D eigenvalue weighted by Gasteiger charge is -2.10. The van der Waals surface area contributed by atoms with Crippen molar-refractivity contribution in [2.75, 3.05) is 0 Å². The minimum atomic E-state index is -0.241. The molecule has 0 aliphatic carbocycles. The van der Waals surface area contributed by atoms with Crippen LogP contribution in [-0.2, 0) is 0 Å². The van der Waals surface area contributed by atoms with Gasteiger partial charge in [-0.2, -0.15) is 0 Å². The summed E-state index contributed by atoms with van der Waals surface area (Å²) < 4.78 is 0. The zero-order chi connectivity index (χ0) is 7.28. The van der Waals surface area contributed by atoms with Gasteiger partial charge in [0.2, 0.25) is 0 Å². The van der Waals surface area contributed by atoms with Crippen molar-refractivity contribution in [3.8, 4) is 0 Å². The van der Waals surface area contributed by atoms with E-state index in [0.717, 1.165) is 6.42 Å². The minimum Gasteiger partial charge on any atom is -0.393 e. The van der Waals surface area contributed by atoms with Crippen LogP contribution in [0.3, 0.4) is 0 Å². The molecule has 0 aliphatic heterocycles. The van der Waals surface area contributed by atoms with Crippen molar-refractivity contribution >= 4 is 0 Å². The van der Waals surface area contributed by atoms with Gasteiger partial charge in [0.1, 0.15) is 0 Å². The summed E-state index contributed by atoms with van der Waals surface area (Å²) in [5, 5.41) is 9.11. The Bertz CT molecular complexity index is 59.6. The van der Waals surface area contributed by atoms with Crippen LogP contribution < -0.4 is 0 Å². The first-order chi connectivity index (χ1) is 4.16. The number of hydrogen-bond acceptors (Lipinski definition) is 1. The molecule has 1 nitrogen and oxygen atoms in total. The molecule has 0 saturated carbocycles. The maximum Gasteiger partial charge on any atom is 0.0545 e. The molecule has 0 saturated heterocycles. The van der Waals surface area contributed by atoms with Crippen LogP contribution in [0.25, 0.3) is 0 Å². The highest BCUT2D eigenvalue weighted by molar-refractivity contribution is 4.68. The highest BCUT2D eigenvalue weighted by Crippen LogP contribution is 2.07. The molecule has 0 spiro atoms. The molecule has 0 bridgehead atoms. The van der Waals surface area contributed by atoms with Gasteiger partial charge in [0.05, 0.1) is 6.10 Å². The van der Waals surface area contributed by atoms with Crippen LogP contribution in [0.2, 0.25) is 0 Å². The molecule has 3 radical (unpaired) electrons. The second-order valence-electron chi connectivity index (χ2n) is 2.51. The van der Waals surface area contributed by atoms with Gasteiger partial charge in [0, 0.05) is 0 Å². The van der Waals surface area contributed by atoms with Crippen molar-refractivity contribution < 1.29 is 5.11 Å². The molecule has 0 amide bonds. The van der Waals surface area contributed by atoms with Crippen LogP contribution in [0.4, 0.5) is 0 Å². The van der Waals surface area contributed by atoms with Crippen molar-refractivity contribution in [3.05, 3.63) is 13.3 Å². The fraction of sp³-hybridized carbons (Fsp3) is 0.750. The van der Waals surface area contributed by atoms with Gasteiger partial charge in [0.15, 0.2) is 0 Å². The highest BCUT2D eigenvalue weighted by atomic mass is 16.3. The maximum atomic E-state index is 9.11. The molecule has 0 aromatic heterocycles. The first-order valence-corrected chi connectivity index (χ1v) is 3.38. The molecule has 1 heteroatoms.